The van der Waals surface area contributed by atoms with E-state index in [1.807, 2.05) is 59.1 Å². The van der Waals surface area contributed by atoms with E-state index in [1.165, 1.54) is 0 Å². The van der Waals surface area contributed by atoms with Crippen LogP contribution in [-0.4, -0.2) is 44.9 Å². The molecule has 26 heavy (non-hydrogen) atoms. The van der Waals surface area contributed by atoms with Gasteiger partial charge in [0.15, 0.2) is 17.1 Å². The van der Waals surface area contributed by atoms with Crippen molar-refractivity contribution in [3.8, 4) is 17.3 Å². The molecule has 1 aromatic carbocycles. The van der Waals surface area contributed by atoms with E-state index in [9.17, 15) is 4.39 Å². The minimum atomic E-state index is -1.26. The molecule has 4 aromatic rings. The fourth-order valence-corrected chi connectivity index (χ4v) is 3.05. The second-order valence-electron chi connectivity index (χ2n) is 6.55. The van der Waals surface area contributed by atoms with Gasteiger partial charge in [-0.05, 0) is 36.4 Å². The summed E-state index contributed by atoms with van der Waals surface area (Å²) in [6, 6.07) is 15.2. The van der Waals surface area contributed by atoms with Gasteiger partial charge in [0.2, 0.25) is 0 Å². The van der Waals surface area contributed by atoms with Crippen molar-refractivity contribution in [2.24, 2.45) is 0 Å². The molecule has 0 radical (unpaired) electrons. The zero-order valence-corrected chi connectivity index (χ0v) is 13.9. The van der Waals surface area contributed by atoms with Crippen LogP contribution < -0.4 is 10.1 Å². The highest BCUT2D eigenvalue weighted by molar-refractivity contribution is 5.82. The van der Waals surface area contributed by atoms with E-state index >= 15 is 0 Å². The number of hydrogen-bond donors (Lipinski definition) is 1. The molecule has 1 saturated heterocycles. The van der Waals surface area contributed by atoms with Crippen LogP contribution in [0.3, 0.4) is 0 Å². The normalized spacial score (nSPS) is 15.9. The minimum Gasteiger partial charge on any atom is -0.490 e. The molecule has 1 aliphatic heterocycles. The zero-order valence-electron chi connectivity index (χ0n) is 13.9. The van der Waals surface area contributed by atoms with Crippen molar-refractivity contribution >= 4 is 16.6 Å². The number of benzene rings is 1. The van der Waals surface area contributed by atoms with Crippen LogP contribution in [0.4, 0.5) is 4.39 Å². The summed E-state index contributed by atoms with van der Waals surface area (Å²) in [4.78, 5) is 4.68. The van der Waals surface area contributed by atoms with Crippen LogP contribution in [0, 0.1) is 0 Å². The number of aromatic nitrogens is 4. The predicted octanol–water partition coefficient (Wildman–Crippen LogP) is 2.63. The molecule has 0 aliphatic carbocycles. The summed E-state index contributed by atoms with van der Waals surface area (Å²) in [5, 5.41) is 12.3. The van der Waals surface area contributed by atoms with Crippen LogP contribution in [0.1, 0.15) is 0 Å². The Hall–Kier alpha value is -3.06. The number of halogens is 1. The summed E-state index contributed by atoms with van der Waals surface area (Å²) in [5.74, 6) is 1.34. The second-order valence-corrected chi connectivity index (χ2v) is 6.55. The molecule has 7 heteroatoms. The Morgan fingerprint density at radius 1 is 1.12 bits per heavy atom. The van der Waals surface area contributed by atoms with Crippen LogP contribution >= 0.6 is 0 Å². The molecular formula is C19H16FN5O. The number of nitrogens with zero attached hydrogens (tertiary/aromatic N) is 4. The number of alkyl halides is 1. The van der Waals surface area contributed by atoms with Crippen molar-refractivity contribution in [3.05, 3.63) is 54.7 Å². The first-order valence-electron chi connectivity index (χ1n) is 8.44. The number of ether oxygens (including phenoxy) is 1. The SMILES string of the molecule is FC1(COc2ccc3nc(-c4nnc5ccccn45)ccc3c2)CNC1. The predicted molar refractivity (Wildman–Crippen MR) is 95.9 cm³/mol. The first kappa shape index (κ1) is 15.2. The van der Waals surface area contributed by atoms with E-state index < -0.39 is 5.67 Å². The molecule has 1 N–H and O–H groups in total. The van der Waals surface area contributed by atoms with Gasteiger partial charge in [0.1, 0.15) is 18.1 Å². The topological polar surface area (TPSA) is 64.3 Å². The lowest BCUT2D eigenvalue weighted by molar-refractivity contribution is 0.0347. The molecule has 0 unspecified atom stereocenters. The van der Waals surface area contributed by atoms with E-state index in [0.717, 1.165) is 22.2 Å². The summed E-state index contributed by atoms with van der Waals surface area (Å²) in [5.41, 5.74) is 1.08. The molecule has 5 rings (SSSR count). The third kappa shape index (κ3) is 2.57. The van der Waals surface area contributed by atoms with Crippen molar-refractivity contribution in [3.63, 3.8) is 0 Å². The Labute approximate surface area is 148 Å². The lowest BCUT2D eigenvalue weighted by Crippen LogP contribution is -2.59. The average molecular weight is 349 g/mol. The van der Waals surface area contributed by atoms with Gasteiger partial charge in [-0.25, -0.2) is 9.37 Å². The van der Waals surface area contributed by atoms with E-state index in [2.05, 4.69) is 20.5 Å². The van der Waals surface area contributed by atoms with E-state index in [0.29, 0.717) is 24.7 Å². The van der Waals surface area contributed by atoms with Crippen molar-refractivity contribution in [1.82, 2.24) is 24.9 Å². The molecule has 0 atom stereocenters. The molecule has 3 aromatic heterocycles. The van der Waals surface area contributed by atoms with Gasteiger partial charge in [-0.3, -0.25) is 4.40 Å². The Morgan fingerprint density at radius 3 is 2.88 bits per heavy atom. The first-order chi connectivity index (χ1) is 12.7. The third-order valence-electron chi connectivity index (χ3n) is 4.58. The number of fused-ring (bicyclic) bond motifs is 2. The molecule has 0 bridgehead atoms. The highest BCUT2D eigenvalue weighted by atomic mass is 19.1. The number of hydrogen-bond acceptors (Lipinski definition) is 5. The van der Waals surface area contributed by atoms with Gasteiger partial charge in [-0.15, -0.1) is 10.2 Å². The molecule has 0 amide bonds. The highest BCUT2D eigenvalue weighted by Crippen LogP contribution is 2.25. The molecule has 1 aliphatic rings. The van der Waals surface area contributed by atoms with E-state index in [1.54, 1.807) is 0 Å². The van der Waals surface area contributed by atoms with Crippen LogP contribution in [-0.2, 0) is 0 Å². The van der Waals surface area contributed by atoms with Crippen molar-refractivity contribution < 1.29 is 9.13 Å². The fourth-order valence-electron chi connectivity index (χ4n) is 3.05. The molecule has 0 saturated carbocycles. The van der Waals surface area contributed by atoms with Crippen LogP contribution in [0.5, 0.6) is 5.75 Å². The Kier molecular flexibility index (Phi) is 3.36. The van der Waals surface area contributed by atoms with Gasteiger partial charge < -0.3 is 10.1 Å². The highest BCUT2D eigenvalue weighted by Gasteiger charge is 2.37. The van der Waals surface area contributed by atoms with Gasteiger partial charge >= 0.3 is 0 Å². The Bertz CT molecular complexity index is 1110. The molecule has 0 spiro atoms. The average Bonchev–Trinajstić information content (AvgIpc) is 3.08. The van der Waals surface area contributed by atoms with E-state index in [4.69, 9.17) is 4.74 Å². The number of pyridine rings is 2. The third-order valence-corrected chi connectivity index (χ3v) is 4.58. The van der Waals surface area contributed by atoms with Gasteiger partial charge in [0.05, 0.1) is 5.52 Å². The summed E-state index contributed by atoms with van der Waals surface area (Å²) in [6.07, 6.45) is 1.91. The smallest absolute Gasteiger partial charge is 0.187 e. The van der Waals surface area contributed by atoms with Crippen LogP contribution in [0.15, 0.2) is 54.7 Å². The lowest BCUT2D eigenvalue weighted by atomic mass is 10.0. The standard InChI is InChI=1S/C19H16FN5O/c20-19(10-21-11-19)12-26-14-5-7-15-13(9-14)4-6-16(22-15)18-24-23-17-3-1-2-8-25(17)18/h1-9,21H,10-12H2. The molecule has 130 valence electrons. The fraction of sp³-hybridized carbons (Fsp3) is 0.211. The monoisotopic (exact) mass is 349 g/mol. The molecule has 1 fully saturated rings. The molecule has 4 heterocycles. The lowest BCUT2D eigenvalue weighted by Gasteiger charge is -2.34. The summed E-state index contributed by atoms with van der Waals surface area (Å²) < 4.78 is 21.5. The van der Waals surface area contributed by atoms with Crippen molar-refractivity contribution in [1.29, 1.82) is 0 Å². The van der Waals surface area contributed by atoms with Crippen LogP contribution in [0.25, 0.3) is 28.1 Å². The van der Waals surface area contributed by atoms with Gasteiger partial charge in [0.25, 0.3) is 0 Å². The van der Waals surface area contributed by atoms with Gasteiger partial charge in [0, 0.05) is 24.7 Å². The maximum absolute atomic E-state index is 14.0. The maximum atomic E-state index is 14.0. The van der Waals surface area contributed by atoms with Gasteiger partial charge in [-0.1, -0.05) is 12.1 Å². The van der Waals surface area contributed by atoms with E-state index in [-0.39, 0.29) is 6.61 Å². The van der Waals surface area contributed by atoms with Crippen molar-refractivity contribution in [2.75, 3.05) is 19.7 Å². The minimum absolute atomic E-state index is 0.0583. The molecular weight excluding hydrogens is 333 g/mol. The summed E-state index contributed by atoms with van der Waals surface area (Å²) in [6.45, 7) is 0.748. The second kappa shape index (κ2) is 5.74. The Morgan fingerprint density at radius 2 is 2.04 bits per heavy atom. The maximum Gasteiger partial charge on any atom is 0.187 e. The largest absolute Gasteiger partial charge is 0.490 e. The molecule has 6 nitrogen and oxygen atoms in total. The first-order valence-corrected chi connectivity index (χ1v) is 8.44. The zero-order chi connectivity index (χ0) is 17.6. The van der Waals surface area contributed by atoms with Crippen molar-refractivity contribution in [2.45, 2.75) is 5.67 Å². The van der Waals surface area contributed by atoms with Gasteiger partial charge in [-0.2, -0.15) is 0 Å². The summed E-state index contributed by atoms with van der Waals surface area (Å²) in [7, 11) is 0. The number of rotatable bonds is 4. The van der Waals surface area contributed by atoms with Crippen LogP contribution in [0.2, 0.25) is 0 Å². The Balaban J connectivity index is 1.45. The number of nitrogens with one attached hydrogen (secondary N) is 1. The summed E-state index contributed by atoms with van der Waals surface area (Å²) >= 11 is 0. The quantitative estimate of drug-likeness (QED) is 0.614.